The lowest BCUT2D eigenvalue weighted by Crippen LogP contribution is -2.42. The Kier molecular flexibility index (Phi) is 4.37. The molecule has 1 amide bonds. The highest BCUT2D eigenvalue weighted by Crippen LogP contribution is 2.13. The van der Waals surface area contributed by atoms with Gasteiger partial charge < -0.3 is 15.1 Å². The third kappa shape index (κ3) is 3.23. The first-order valence-electron chi connectivity index (χ1n) is 6.75. The van der Waals surface area contributed by atoms with Crippen molar-refractivity contribution in [2.75, 3.05) is 39.0 Å². The zero-order chi connectivity index (χ0) is 13.8. The predicted octanol–water partition coefficient (Wildman–Crippen LogP) is 1.29. The van der Waals surface area contributed by atoms with Gasteiger partial charge in [0, 0.05) is 26.2 Å². The van der Waals surface area contributed by atoms with Gasteiger partial charge in [-0.3, -0.25) is 4.79 Å². The maximum atomic E-state index is 12.5. The summed E-state index contributed by atoms with van der Waals surface area (Å²) in [6.07, 6.45) is 2.71. The number of carbonyl (C=O) groups excluding carboxylic acids is 1. The number of carbonyl (C=O) groups is 1. The van der Waals surface area contributed by atoms with E-state index in [0.717, 1.165) is 31.7 Å². The molecule has 0 aromatic carbocycles. The molecule has 1 saturated heterocycles. The summed E-state index contributed by atoms with van der Waals surface area (Å²) in [5, 5.41) is 3.00. The number of rotatable bonds is 2. The summed E-state index contributed by atoms with van der Waals surface area (Å²) in [6, 6.07) is 3.90. The summed E-state index contributed by atoms with van der Waals surface area (Å²) in [5.41, 5.74) is 1.44. The van der Waals surface area contributed by atoms with E-state index >= 15 is 0 Å². The van der Waals surface area contributed by atoms with Crippen molar-refractivity contribution in [3.8, 4) is 0 Å². The second-order valence-electron chi connectivity index (χ2n) is 5.15. The third-order valence-electron chi connectivity index (χ3n) is 3.58. The molecule has 0 radical (unpaired) electrons. The fraction of sp³-hybridized carbons (Fsp3) is 0.571. The van der Waals surface area contributed by atoms with Crippen molar-refractivity contribution < 1.29 is 4.79 Å². The predicted molar refractivity (Wildman–Crippen MR) is 76.4 cm³/mol. The molecule has 5 nitrogen and oxygen atoms in total. The normalized spacial score (nSPS) is 21.0. The van der Waals surface area contributed by atoms with Crippen LogP contribution in [0.2, 0.25) is 0 Å². The Labute approximate surface area is 114 Å². The van der Waals surface area contributed by atoms with Gasteiger partial charge in [0.2, 0.25) is 0 Å². The van der Waals surface area contributed by atoms with Gasteiger partial charge in [-0.25, -0.2) is 4.98 Å². The zero-order valence-electron chi connectivity index (χ0n) is 11.9. The van der Waals surface area contributed by atoms with E-state index in [9.17, 15) is 4.79 Å². The number of aromatic nitrogens is 1. The summed E-state index contributed by atoms with van der Waals surface area (Å²) in [4.78, 5) is 20.9. The van der Waals surface area contributed by atoms with Crippen LogP contribution in [0.1, 0.15) is 23.8 Å². The zero-order valence-corrected chi connectivity index (χ0v) is 11.9. The first kappa shape index (κ1) is 13.8. The standard InChI is InChI=1S/C14H22N4O/c1-11-10-17(3)7-4-8-18(11)14(19)13-6-5-12(15-2)9-16-13/h5-6,9,11,15H,4,7-8,10H2,1-3H3. The van der Waals surface area contributed by atoms with Crippen LogP contribution >= 0.6 is 0 Å². The Hall–Kier alpha value is -1.62. The third-order valence-corrected chi connectivity index (χ3v) is 3.58. The van der Waals surface area contributed by atoms with Gasteiger partial charge >= 0.3 is 0 Å². The van der Waals surface area contributed by atoms with E-state index in [1.54, 1.807) is 12.3 Å². The number of nitrogens with zero attached hydrogens (tertiary/aromatic N) is 3. The fourth-order valence-corrected chi connectivity index (χ4v) is 2.49. The second-order valence-corrected chi connectivity index (χ2v) is 5.15. The van der Waals surface area contributed by atoms with Crippen molar-refractivity contribution in [2.45, 2.75) is 19.4 Å². The molecule has 0 saturated carbocycles. The Balaban J connectivity index is 2.12. The molecule has 104 valence electrons. The molecule has 1 aromatic rings. The second kappa shape index (κ2) is 6.02. The summed E-state index contributed by atoms with van der Waals surface area (Å²) >= 11 is 0. The van der Waals surface area contributed by atoms with Crippen molar-refractivity contribution in [3.05, 3.63) is 24.0 Å². The van der Waals surface area contributed by atoms with Crippen LogP contribution in [0.15, 0.2) is 18.3 Å². The minimum absolute atomic E-state index is 0.0328. The van der Waals surface area contributed by atoms with E-state index < -0.39 is 0 Å². The lowest BCUT2D eigenvalue weighted by molar-refractivity contribution is 0.0690. The first-order chi connectivity index (χ1) is 9.11. The van der Waals surface area contributed by atoms with Gasteiger partial charge in [-0.1, -0.05) is 0 Å². The molecule has 1 fully saturated rings. The van der Waals surface area contributed by atoms with Crippen LogP contribution in [0.5, 0.6) is 0 Å². The number of hydrogen-bond acceptors (Lipinski definition) is 4. The van der Waals surface area contributed by atoms with Gasteiger partial charge in [0.1, 0.15) is 5.69 Å². The molecule has 2 rings (SSSR count). The van der Waals surface area contributed by atoms with E-state index in [1.807, 2.05) is 18.0 Å². The van der Waals surface area contributed by atoms with Gasteiger partial charge in [-0.15, -0.1) is 0 Å². The van der Waals surface area contributed by atoms with Gasteiger partial charge in [0.25, 0.3) is 5.91 Å². The Morgan fingerprint density at radius 2 is 2.21 bits per heavy atom. The molecule has 1 aliphatic rings. The highest BCUT2D eigenvalue weighted by Gasteiger charge is 2.25. The van der Waals surface area contributed by atoms with Crippen LogP contribution < -0.4 is 5.32 Å². The fourth-order valence-electron chi connectivity index (χ4n) is 2.49. The van der Waals surface area contributed by atoms with E-state index in [-0.39, 0.29) is 11.9 Å². The van der Waals surface area contributed by atoms with Gasteiger partial charge in [-0.2, -0.15) is 0 Å². The molecule has 1 unspecified atom stereocenters. The van der Waals surface area contributed by atoms with Crippen LogP contribution in [-0.4, -0.2) is 60.5 Å². The Morgan fingerprint density at radius 1 is 1.42 bits per heavy atom. The topological polar surface area (TPSA) is 48.5 Å². The number of likely N-dealkylation sites (N-methyl/N-ethyl adjacent to an activating group) is 1. The van der Waals surface area contributed by atoms with Crippen LogP contribution in [0.25, 0.3) is 0 Å². The molecule has 19 heavy (non-hydrogen) atoms. The van der Waals surface area contributed by atoms with Crippen molar-refractivity contribution >= 4 is 11.6 Å². The van der Waals surface area contributed by atoms with Crippen molar-refractivity contribution in [2.24, 2.45) is 0 Å². The Morgan fingerprint density at radius 3 is 2.84 bits per heavy atom. The molecular weight excluding hydrogens is 240 g/mol. The molecule has 0 bridgehead atoms. The highest BCUT2D eigenvalue weighted by atomic mass is 16.2. The molecule has 0 aliphatic carbocycles. The summed E-state index contributed by atoms with van der Waals surface area (Å²) in [6.45, 7) is 4.86. The maximum absolute atomic E-state index is 12.5. The summed E-state index contributed by atoms with van der Waals surface area (Å²) < 4.78 is 0. The van der Waals surface area contributed by atoms with Crippen molar-refractivity contribution in [1.29, 1.82) is 0 Å². The van der Waals surface area contributed by atoms with Crippen molar-refractivity contribution in [1.82, 2.24) is 14.8 Å². The van der Waals surface area contributed by atoms with Crippen molar-refractivity contribution in [3.63, 3.8) is 0 Å². The molecule has 1 aromatic heterocycles. The summed E-state index contributed by atoms with van der Waals surface area (Å²) in [5.74, 6) is 0.0328. The van der Waals surface area contributed by atoms with E-state index in [2.05, 4.69) is 29.2 Å². The van der Waals surface area contributed by atoms with Crippen LogP contribution in [-0.2, 0) is 0 Å². The molecule has 0 spiro atoms. The molecule has 2 heterocycles. The number of nitrogens with one attached hydrogen (secondary N) is 1. The van der Waals surface area contributed by atoms with Crippen LogP contribution in [0.4, 0.5) is 5.69 Å². The number of pyridine rings is 1. The maximum Gasteiger partial charge on any atom is 0.272 e. The van der Waals surface area contributed by atoms with E-state index in [4.69, 9.17) is 0 Å². The Bertz CT molecular complexity index is 432. The SMILES string of the molecule is CNc1ccc(C(=O)N2CCCN(C)CC2C)nc1. The average molecular weight is 262 g/mol. The number of amides is 1. The van der Waals surface area contributed by atoms with E-state index in [0.29, 0.717) is 5.69 Å². The average Bonchev–Trinajstić information content (AvgIpc) is 2.58. The quantitative estimate of drug-likeness (QED) is 0.872. The minimum atomic E-state index is 0.0328. The lowest BCUT2D eigenvalue weighted by Gasteiger charge is -2.27. The monoisotopic (exact) mass is 262 g/mol. The van der Waals surface area contributed by atoms with E-state index in [1.165, 1.54) is 0 Å². The van der Waals surface area contributed by atoms with Gasteiger partial charge in [0.15, 0.2) is 0 Å². The van der Waals surface area contributed by atoms with Crippen LogP contribution in [0.3, 0.4) is 0 Å². The van der Waals surface area contributed by atoms with Gasteiger partial charge in [-0.05, 0) is 39.1 Å². The van der Waals surface area contributed by atoms with Gasteiger partial charge in [0.05, 0.1) is 11.9 Å². The molecule has 5 heteroatoms. The largest absolute Gasteiger partial charge is 0.387 e. The minimum Gasteiger partial charge on any atom is -0.387 e. The molecular formula is C14H22N4O. The smallest absolute Gasteiger partial charge is 0.272 e. The lowest BCUT2D eigenvalue weighted by atomic mass is 10.2. The number of anilines is 1. The van der Waals surface area contributed by atoms with Crippen LogP contribution in [0, 0.1) is 0 Å². The molecule has 1 aliphatic heterocycles. The highest BCUT2D eigenvalue weighted by molar-refractivity contribution is 5.92. The number of hydrogen-bond donors (Lipinski definition) is 1. The molecule has 1 N–H and O–H groups in total. The first-order valence-corrected chi connectivity index (χ1v) is 6.75. The summed E-state index contributed by atoms with van der Waals surface area (Å²) in [7, 11) is 3.94. The molecule has 1 atom stereocenters.